The largest absolute Gasteiger partial charge is 0.305 e. The first-order valence-electron chi connectivity index (χ1n) is 6.34. The minimum Gasteiger partial charge on any atom is -0.305 e. The van der Waals surface area contributed by atoms with Gasteiger partial charge in [-0.25, -0.2) is 0 Å². The third-order valence-corrected chi connectivity index (χ3v) is 3.78. The molecule has 1 aliphatic heterocycles. The van der Waals surface area contributed by atoms with E-state index in [4.69, 9.17) is 11.6 Å². The summed E-state index contributed by atoms with van der Waals surface area (Å²) in [6, 6.07) is 15.5. The van der Waals surface area contributed by atoms with Crippen LogP contribution in [-0.4, -0.2) is 5.78 Å². The van der Waals surface area contributed by atoms with E-state index in [1.807, 2.05) is 12.1 Å². The van der Waals surface area contributed by atoms with Gasteiger partial charge in [0.1, 0.15) is 0 Å². The minimum atomic E-state index is 0.124. The predicted molar refractivity (Wildman–Crippen MR) is 76.4 cm³/mol. The Morgan fingerprint density at radius 2 is 1.89 bits per heavy atom. The lowest BCUT2D eigenvalue weighted by molar-refractivity contribution is 0.0970. The maximum atomic E-state index is 12.2. The van der Waals surface area contributed by atoms with Crippen LogP contribution < -0.4 is 5.32 Å². The van der Waals surface area contributed by atoms with E-state index in [0.717, 1.165) is 12.1 Å². The van der Waals surface area contributed by atoms with Crippen molar-refractivity contribution in [3.05, 3.63) is 70.2 Å². The van der Waals surface area contributed by atoms with Gasteiger partial charge in [0, 0.05) is 29.6 Å². The maximum Gasteiger partial charge on any atom is 0.164 e. The fourth-order valence-corrected chi connectivity index (χ4v) is 2.63. The van der Waals surface area contributed by atoms with Crippen molar-refractivity contribution < 1.29 is 4.79 Å². The molecule has 0 spiro atoms. The van der Waals surface area contributed by atoms with Crippen molar-refractivity contribution in [2.45, 2.75) is 19.0 Å². The normalized spacial score (nSPS) is 17.2. The first-order valence-corrected chi connectivity index (χ1v) is 6.72. The number of benzene rings is 2. The molecule has 0 saturated heterocycles. The Bertz CT molecular complexity index is 606. The molecule has 1 unspecified atom stereocenters. The highest BCUT2D eigenvalue weighted by atomic mass is 35.5. The average Bonchev–Trinajstić information content (AvgIpc) is 2.83. The van der Waals surface area contributed by atoms with E-state index < -0.39 is 0 Å². The molecule has 1 atom stereocenters. The third kappa shape index (κ3) is 2.55. The zero-order chi connectivity index (χ0) is 13.2. The molecule has 1 heterocycles. The highest BCUT2D eigenvalue weighted by molar-refractivity contribution is 6.30. The molecule has 3 heteroatoms. The number of halogens is 1. The Hall–Kier alpha value is -1.64. The van der Waals surface area contributed by atoms with Crippen molar-refractivity contribution in [3.8, 4) is 0 Å². The lowest BCUT2D eigenvalue weighted by Crippen LogP contribution is -2.16. The highest BCUT2D eigenvalue weighted by Crippen LogP contribution is 2.28. The van der Waals surface area contributed by atoms with Crippen LogP contribution >= 0.6 is 11.6 Å². The molecular weight excluding hydrogens is 258 g/mol. The summed E-state index contributed by atoms with van der Waals surface area (Å²) in [5.41, 5.74) is 3.25. The summed E-state index contributed by atoms with van der Waals surface area (Å²) < 4.78 is 0. The van der Waals surface area contributed by atoms with Gasteiger partial charge in [0.05, 0.1) is 0 Å². The zero-order valence-corrected chi connectivity index (χ0v) is 11.2. The summed E-state index contributed by atoms with van der Waals surface area (Å²) in [5, 5.41) is 4.04. The Kier molecular flexibility index (Phi) is 3.36. The van der Waals surface area contributed by atoms with E-state index in [0.29, 0.717) is 11.4 Å². The van der Waals surface area contributed by atoms with Crippen molar-refractivity contribution in [3.63, 3.8) is 0 Å². The van der Waals surface area contributed by atoms with Gasteiger partial charge in [0.15, 0.2) is 5.78 Å². The molecule has 0 fully saturated rings. The zero-order valence-electron chi connectivity index (χ0n) is 10.4. The number of carbonyl (C=O) groups excluding carboxylic acids is 1. The second-order valence-electron chi connectivity index (χ2n) is 4.77. The van der Waals surface area contributed by atoms with Gasteiger partial charge in [-0.3, -0.25) is 4.79 Å². The van der Waals surface area contributed by atoms with E-state index in [9.17, 15) is 4.79 Å². The average molecular weight is 272 g/mol. The summed E-state index contributed by atoms with van der Waals surface area (Å²) in [6.45, 7) is 0.842. The van der Waals surface area contributed by atoms with Gasteiger partial charge >= 0.3 is 0 Å². The molecule has 2 aromatic rings. The fraction of sp³-hybridized carbons (Fsp3) is 0.188. The quantitative estimate of drug-likeness (QED) is 0.862. The second kappa shape index (κ2) is 5.16. The Morgan fingerprint density at radius 3 is 2.68 bits per heavy atom. The number of nitrogens with one attached hydrogen (secondary N) is 1. The molecule has 0 amide bonds. The number of carbonyl (C=O) groups is 1. The van der Waals surface area contributed by atoms with Gasteiger partial charge in [-0.2, -0.15) is 0 Å². The maximum absolute atomic E-state index is 12.2. The number of rotatable bonds is 3. The minimum absolute atomic E-state index is 0.124. The molecule has 1 N–H and O–H groups in total. The first-order chi connectivity index (χ1) is 9.24. The first kappa shape index (κ1) is 12.4. The van der Waals surface area contributed by atoms with Crippen LogP contribution in [0.4, 0.5) is 0 Å². The van der Waals surface area contributed by atoms with Gasteiger partial charge in [-0.1, -0.05) is 35.9 Å². The molecular formula is C16H14ClNO. The Balaban J connectivity index is 1.76. The molecule has 0 aromatic heterocycles. The van der Waals surface area contributed by atoms with Crippen LogP contribution in [0.15, 0.2) is 48.5 Å². The van der Waals surface area contributed by atoms with Crippen molar-refractivity contribution in [2.24, 2.45) is 0 Å². The van der Waals surface area contributed by atoms with Gasteiger partial charge in [0.2, 0.25) is 0 Å². The topological polar surface area (TPSA) is 29.1 Å². The molecule has 0 saturated carbocycles. The van der Waals surface area contributed by atoms with Gasteiger partial charge in [-0.05, 0) is 35.4 Å². The van der Waals surface area contributed by atoms with E-state index in [1.165, 1.54) is 11.1 Å². The van der Waals surface area contributed by atoms with Gasteiger partial charge in [0.25, 0.3) is 0 Å². The number of hydrogen-bond acceptors (Lipinski definition) is 2. The van der Waals surface area contributed by atoms with Gasteiger partial charge < -0.3 is 5.32 Å². The number of Topliss-reactive ketones (excluding diaryl/α,β-unsaturated/α-hetero) is 1. The molecule has 1 aliphatic rings. The highest BCUT2D eigenvalue weighted by Gasteiger charge is 2.23. The van der Waals surface area contributed by atoms with E-state index >= 15 is 0 Å². The Labute approximate surface area is 117 Å². The molecule has 3 rings (SSSR count). The van der Waals surface area contributed by atoms with Crippen LogP contribution in [0.25, 0.3) is 0 Å². The lowest BCUT2D eigenvalue weighted by Gasteiger charge is -2.11. The number of hydrogen-bond donors (Lipinski definition) is 1. The predicted octanol–water partition coefficient (Wildman–Crippen LogP) is 3.76. The second-order valence-corrected chi connectivity index (χ2v) is 5.20. The molecule has 96 valence electrons. The van der Waals surface area contributed by atoms with Crippen molar-refractivity contribution in [1.29, 1.82) is 0 Å². The van der Waals surface area contributed by atoms with Crippen LogP contribution in [0.3, 0.4) is 0 Å². The standard InChI is InChI=1S/C16H14ClNO/c17-13-7-5-11(6-8-13)16(19)9-15-14-4-2-1-3-12(14)10-18-15/h1-8,15,18H,9-10H2. The van der Waals surface area contributed by atoms with Crippen molar-refractivity contribution in [1.82, 2.24) is 5.32 Å². The number of fused-ring (bicyclic) bond motifs is 1. The summed E-state index contributed by atoms with van der Waals surface area (Å²) in [5.74, 6) is 0.144. The molecule has 0 radical (unpaired) electrons. The molecule has 19 heavy (non-hydrogen) atoms. The van der Waals surface area contributed by atoms with Crippen molar-refractivity contribution in [2.75, 3.05) is 0 Å². The summed E-state index contributed by atoms with van der Waals surface area (Å²) in [6.07, 6.45) is 0.485. The van der Waals surface area contributed by atoms with E-state index in [1.54, 1.807) is 24.3 Å². The number of ketones is 1. The fourth-order valence-electron chi connectivity index (χ4n) is 2.50. The SMILES string of the molecule is O=C(CC1NCc2ccccc21)c1ccc(Cl)cc1. The smallest absolute Gasteiger partial charge is 0.164 e. The monoisotopic (exact) mass is 271 g/mol. The van der Waals surface area contributed by atoms with Crippen molar-refractivity contribution >= 4 is 17.4 Å². The summed E-state index contributed by atoms with van der Waals surface area (Å²) >= 11 is 5.83. The molecule has 0 aliphatic carbocycles. The third-order valence-electron chi connectivity index (χ3n) is 3.53. The van der Waals surface area contributed by atoms with E-state index in [2.05, 4.69) is 17.4 Å². The van der Waals surface area contributed by atoms with Crippen LogP contribution in [0, 0.1) is 0 Å². The molecule has 0 bridgehead atoms. The summed E-state index contributed by atoms with van der Waals surface area (Å²) in [4.78, 5) is 12.2. The van der Waals surface area contributed by atoms with Gasteiger partial charge in [-0.15, -0.1) is 0 Å². The van der Waals surface area contributed by atoms with E-state index in [-0.39, 0.29) is 11.8 Å². The molecule has 2 aromatic carbocycles. The van der Waals surface area contributed by atoms with Crippen LogP contribution in [0.1, 0.15) is 33.9 Å². The molecule has 2 nitrogen and oxygen atoms in total. The van der Waals surface area contributed by atoms with Crippen LogP contribution in [0.5, 0.6) is 0 Å². The Morgan fingerprint density at radius 1 is 1.16 bits per heavy atom. The summed E-state index contributed by atoms with van der Waals surface area (Å²) in [7, 11) is 0. The van der Waals surface area contributed by atoms with Crippen LogP contribution in [-0.2, 0) is 6.54 Å². The lowest BCUT2D eigenvalue weighted by atomic mass is 9.98. The van der Waals surface area contributed by atoms with Crippen LogP contribution in [0.2, 0.25) is 5.02 Å².